The summed E-state index contributed by atoms with van der Waals surface area (Å²) < 4.78 is 4.01. The van der Waals surface area contributed by atoms with Crippen LogP contribution in [0.1, 0.15) is 45.9 Å². The molecule has 2 heterocycles. The number of fused-ring (bicyclic) bond motifs is 1. The summed E-state index contributed by atoms with van der Waals surface area (Å²) in [5.74, 6) is 1.23. The molecule has 0 radical (unpaired) electrons. The molecule has 0 spiro atoms. The Labute approximate surface area is 108 Å². The minimum Gasteiger partial charge on any atom is -0.369 e. The minimum atomic E-state index is 0.343. The molecule has 0 aromatic carbocycles. The molecule has 1 unspecified atom stereocenters. The van der Waals surface area contributed by atoms with E-state index in [0.717, 1.165) is 29.7 Å². The van der Waals surface area contributed by atoms with E-state index in [-0.39, 0.29) is 0 Å². The van der Waals surface area contributed by atoms with Crippen LogP contribution in [0.4, 0.5) is 5.95 Å². The molecule has 0 aliphatic rings. The highest BCUT2D eigenvalue weighted by atomic mass is 15.4. The van der Waals surface area contributed by atoms with E-state index >= 15 is 0 Å². The zero-order valence-electron chi connectivity index (χ0n) is 11.9. The van der Waals surface area contributed by atoms with Crippen molar-refractivity contribution in [2.75, 3.05) is 5.73 Å². The molecule has 2 aromatic heterocycles. The molecule has 0 bridgehead atoms. The Bertz CT molecular complexity index is 549. The number of imidazole rings is 1. The lowest BCUT2D eigenvalue weighted by molar-refractivity contribution is 0.434. The van der Waals surface area contributed by atoms with Gasteiger partial charge in [0.15, 0.2) is 5.65 Å². The molecule has 0 saturated heterocycles. The average Bonchev–Trinajstić information content (AvgIpc) is 2.75. The van der Waals surface area contributed by atoms with Crippen molar-refractivity contribution in [3.05, 3.63) is 5.69 Å². The van der Waals surface area contributed by atoms with Crippen molar-refractivity contribution >= 4 is 17.1 Å². The third kappa shape index (κ3) is 1.98. The van der Waals surface area contributed by atoms with Crippen LogP contribution in [-0.4, -0.2) is 19.3 Å². The highest BCUT2D eigenvalue weighted by Gasteiger charge is 2.20. The van der Waals surface area contributed by atoms with Gasteiger partial charge in [-0.05, 0) is 25.7 Å². The number of nitrogens with zero attached hydrogens (tertiary/aromatic N) is 4. The molecule has 0 amide bonds. The van der Waals surface area contributed by atoms with Crippen LogP contribution in [0.2, 0.25) is 0 Å². The fourth-order valence-electron chi connectivity index (χ4n) is 2.68. The second kappa shape index (κ2) is 4.63. The third-order valence-corrected chi connectivity index (χ3v) is 3.35. The summed E-state index contributed by atoms with van der Waals surface area (Å²) in [4.78, 5) is 4.49. The van der Waals surface area contributed by atoms with Gasteiger partial charge in [0.1, 0.15) is 5.52 Å². The van der Waals surface area contributed by atoms with Crippen molar-refractivity contribution in [1.82, 2.24) is 19.3 Å². The van der Waals surface area contributed by atoms with Gasteiger partial charge >= 0.3 is 0 Å². The van der Waals surface area contributed by atoms with Crippen LogP contribution in [0.25, 0.3) is 11.2 Å². The summed E-state index contributed by atoms with van der Waals surface area (Å²) in [6.45, 7) is 8.73. The summed E-state index contributed by atoms with van der Waals surface area (Å²) in [5.41, 5.74) is 9.09. The number of rotatable bonds is 4. The molecule has 0 fully saturated rings. The molecule has 1 atom stereocenters. The highest BCUT2D eigenvalue weighted by molar-refractivity contribution is 5.78. The fraction of sp³-hybridized carbons (Fsp3) is 0.692. The van der Waals surface area contributed by atoms with Gasteiger partial charge in [-0.3, -0.25) is 9.25 Å². The molecule has 0 aliphatic heterocycles. The van der Waals surface area contributed by atoms with Crippen molar-refractivity contribution in [2.24, 2.45) is 13.0 Å². The maximum atomic E-state index is 6.08. The van der Waals surface area contributed by atoms with Crippen LogP contribution in [0.3, 0.4) is 0 Å². The lowest BCUT2D eigenvalue weighted by atomic mass is 10.1. The fourth-order valence-corrected chi connectivity index (χ4v) is 2.68. The van der Waals surface area contributed by atoms with Gasteiger partial charge < -0.3 is 5.73 Å². The summed E-state index contributed by atoms with van der Waals surface area (Å²) >= 11 is 0. The van der Waals surface area contributed by atoms with Gasteiger partial charge in [0.2, 0.25) is 5.95 Å². The van der Waals surface area contributed by atoms with Gasteiger partial charge in [0.25, 0.3) is 0 Å². The number of aromatic nitrogens is 4. The van der Waals surface area contributed by atoms with Crippen LogP contribution < -0.4 is 5.73 Å². The second-order valence-electron chi connectivity index (χ2n) is 5.41. The maximum absolute atomic E-state index is 6.08. The van der Waals surface area contributed by atoms with Crippen LogP contribution in [0.5, 0.6) is 0 Å². The number of nitrogen functional groups attached to an aromatic ring is 1. The van der Waals surface area contributed by atoms with E-state index in [9.17, 15) is 0 Å². The normalized spacial score (nSPS) is 13.7. The summed E-state index contributed by atoms with van der Waals surface area (Å²) in [7, 11) is 1.96. The Balaban J connectivity index is 2.56. The van der Waals surface area contributed by atoms with E-state index in [1.54, 1.807) is 0 Å². The molecule has 2 aromatic rings. The maximum Gasteiger partial charge on any atom is 0.202 e. The predicted molar refractivity (Wildman–Crippen MR) is 74.5 cm³/mol. The van der Waals surface area contributed by atoms with E-state index in [1.807, 2.05) is 11.7 Å². The Morgan fingerprint density at radius 3 is 2.50 bits per heavy atom. The molecule has 2 rings (SSSR count). The molecule has 5 heteroatoms. The largest absolute Gasteiger partial charge is 0.369 e. The summed E-state index contributed by atoms with van der Waals surface area (Å²) in [6.07, 6.45) is 1.97. The molecule has 5 nitrogen and oxygen atoms in total. The molecule has 0 saturated carbocycles. The standard InChI is InChI=1S/C13H23N5/c1-6-10-11-12(17(5)16-10)18(13(14)15-11)9(4)7-8(2)3/h8-9H,6-7H2,1-5H3,(H2,14,15). The zero-order chi connectivity index (χ0) is 13.4. The van der Waals surface area contributed by atoms with E-state index in [2.05, 4.69) is 42.3 Å². The molecule has 18 heavy (non-hydrogen) atoms. The summed E-state index contributed by atoms with van der Waals surface area (Å²) in [6, 6.07) is 0.343. The molecule has 100 valence electrons. The van der Waals surface area contributed by atoms with Crippen LogP contribution in [0.15, 0.2) is 0 Å². The zero-order valence-corrected chi connectivity index (χ0v) is 11.9. The second-order valence-corrected chi connectivity index (χ2v) is 5.41. The first-order chi connectivity index (χ1) is 8.45. The predicted octanol–water partition coefficient (Wildman–Crippen LogP) is 2.52. The number of hydrogen-bond donors (Lipinski definition) is 1. The SMILES string of the molecule is CCc1nn(C)c2c1nc(N)n2C(C)CC(C)C. The van der Waals surface area contributed by atoms with E-state index < -0.39 is 0 Å². The van der Waals surface area contributed by atoms with E-state index in [4.69, 9.17) is 5.73 Å². The van der Waals surface area contributed by atoms with Crippen LogP contribution in [-0.2, 0) is 13.5 Å². The first kappa shape index (κ1) is 12.9. The number of nitrogens with two attached hydrogens (primary N) is 1. The smallest absolute Gasteiger partial charge is 0.202 e. The molecular formula is C13H23N5. The molecule has 2 N–H and O–H groups in total. The van der Waals surface area contributed by atoms with Crippen molar-refractivity contribution in [3.8, 4) is 0 Å². The van der Waals surface area contributed by atoms with E-state index in [0.29, 0.717) is 17.9 Å². The van der Waals surface area contributed by atoms with Crippen molar-refractivity contribution in [3.63, 3.8) is 0 Å². The Morgan fingerprint density at radius 2 is 1.94 bits per heavy atom. The Kier molecular flexibility index (Phi) is 3.32. The van der Waals surface area contributed by atoms with Gasteiger partial charge in [-0.25, -0.2) is 4.98 Å². The lowest BCUT2D eigenvalue weighted by Crippen LogP contribution is -2.13. The van der Waals surface area contributed by atoms with E-state index in [1.165, 1.54) is 0 Å². The van der Waals surface area contributed by atoms with Gasteiger partial charge in [-0.2, -0.15) is 5.10 Å². The first-order valence-electron chi connectivity index (χ1n) is 6.64. The third-order valence-electron chi connectivity index (χ3n) is 3.35. The monoisotopic (exact) mass is 249 g/mol. The quantitative estimate of drug-likeness (QED) is 0.905. The Morgan fingerprint density at radius 1 is 1.28 bits per heavy atom. The van der Waals surface area contributed by atoms with Crippen molar-refractivity contribution in [2.45, 2.75) is 46.6 Å². The van der Waals surface area contributed by atoms with Crippen LogP contribution in [0, 0.1) is 5.92 Å². The Hall–Kier alpha value is -1.52. The van der Waals surface area contributed by atoms with Gasteiger partial charge in [0.05, 0.1) is 5.69 Å². The average molecular weight is 249 g/mol. The molecule has 0 aliphatic carbocycles. The minimum absolute atomic E-state index is 0.343. The van der Waals surface area contributed by atoms with Gasteiger partial charge in [-0.15, -0.1) is 0 Å². The number of anilines is 1. The highest BCUT2D eigenvalue weighted by Crippen LogP contribution is 2.28. The van der Waals surface area contributed by atoms with Crippen molar-refractivity contribution in [1.29, 1.82) is 0 Å². The lowest BCUT2D eigenvalue weighted by Gasteiger charge is -2.17. The van der Waals surface area contributed by atoms with Crippen molar-refractivity contribution < 1.29 is 0 Å². The number of hydrogen-bond acceptors (Lipinski definition) is 3. The van der Waals surface area contributed by atoms with Crippen LogP contribution >= 0.6 is 0 Å². The summed E-state index contributed by atoms with van der Waals surface area (Å²) in [5, 5.41) is 4.51. The molecular weight excluding hydrogens is 226 g/mol. The number of aryl methyl sites for hydroxylation is 2. The van der Waals surface area contributed by atoms with Gasteiger partial charge in [-0.1, -0.05) is 20.8 Å². The first-order valence-corrected chi connectivity index (χ1v) is 6.64. The van der Waals surface area contributed by atoms with Gasteiger partial charge in [0, 0.05) is 13.1 Å². The topological polar surface area (TPSA) is 61.7 Å².